The van der Waals surface area contributed by atoms with E-state index in [-0.39, 0.29) is 54.5 Å². The number of carbonyl (C=O) groups excluding carboxylic acids is 3. The Balaban J connectivity index is 1.44. The number of aryl methyl sites for hydroxylation is 1. The van der Waals surface area contributed by atoms with Crippen LogP contribution in [-0.2, 0) is 27.2 Å². The number of likely N-dealkylation sites (tertiary alicyclic amines) is 1. The van der Waals surface area contributed by atoms with Gasteiger partial charge in [0, 0.05) is 37.9 Å². The first-order chi connectivity index (χ1) is 19.9. The number of nitrogens with one attached hydrogen (secondary N) is 3. The highest BCUT2D eigenvalue weighted by atomic mass is 32.1. The highest BCUT2D eigenvalue weighted by molar-refractivity contribution is 7.18. The average molecular weight is 580 g/mol. The van der Waals surface area contributed by atoms with E-state index in [1.54, 1.807) is 13.0 Å². The Morgan fingerprint density at radius 3 is 2.59 bits per heavy atom. The first-order valence-electron chi connectivity index (χ1n) is 15.3. The SMILES string of the molecule is CCC(=O)N[C@@H](Cc1nc2ccc(CC)cc2s1)C(=O)C(=N)[C@H](CNC(=O)/C=C/CN1CCCCC1)C1CCCC1. The number of amides is 2. The van der Waals surface area contributed by atoms with Crippen molar-refractivity contribution in [1.82, 2.24) is 20.5 Å². The predicted molar refractivity (Wildman–Crippen MR) is 166 cm³/mol. The molecule has 0 unspecified atom stereocenters. The van der Waals surface area contributed by atoms with Crippen molar-refractivity contribution in [3.63, 3.8) is 0 Å². The van der Waals surface area contributed by atoms with Crippen LogP contribution in [0.3, 0.4) is 0 Å². The number of hydrogen-bond donors (Lipinski definition) is 3. The number of Topliss-reactive ketones (excluding diaryl/α,β-unsaturated/α-hetero) is 1. The molecule has 2 atom stereocenters. The van der Waals surface area contributed by atoms with Crippen LogP contribution >= 0.6 is 11.3 Å². The van der Waals surface area contributed by atoms with Gasteiger partial charge in [0.2, 0.25) is 11.8 Å². The Bertz CT molecular complexity index is 1240. The molecule has 2 aliphatic rings. The topological polar surface area (TPSA) is 115 Å². The molecule has 2 fully saturated rings. The lowest BCUT2D eigenvalue weighted by Crippen LogP contribution is -2.49. The van der Waals surface area contributed by atoms with Crippen LogP contribution in [-0.4, -0.2) is 65.4 Å². The molecule has 0 spiro atoms. The third-order valence-corrected chi connectivity index (χ3v) is 9.48. The lowest BCUT2D eigenvalue weighted by molar-refractivity contribution is -0.125. The van der Waals surface area contributed by atoms with Crippen LogP contribution in [0.2, 0.25) is 0 Å². The molecular formula is C32H45N5O3S. The van der Waals surface area contributed by atoms with Crippen LogP contribution in [0.25, 0.3) is 10.2 Å². The summed E-state index contributed by atoms with van der Waals surface area (Å²) in [5, 5.41) is 15.6. The zero-order valence-electron chi connectivity index (χ0n) is 24.5. The normalized spacial score (nSPS) is 18.0. The first-order valence-corrected chi connectivity index (χ1v) is 16.2. The fourth-order valence-corrected chi connectivity index (χ4v) is 7.04. The fraction of sp³-hybridized carbons (Fsp3) is 0.594. The summed E-state index contributed by atoms with van der Waals surface area (Å²) in [4.78, 5) is 46.0. The van der Waals surface area contributed by atoms with E-state index >= 15 is 0 Å². The number of rotatable bonds is 14. The standard InChI is InChI=1S/C32H45N5O3S/c1-3-22-14-15-25-27(19-22)41-30(36-25)20-26(35-28(38)4-2)32(40)31(33)24(23-11-6-7-12-23)21-34-29(39)13-10-18-37-16-8-5-9-17-37/h10,13-15,19,23-24,26,33H,3-9,11-12,16-18,20-21H2,1-2H3,(H,34,39)(H,35,38)/b13-10+,33-31?/t24-,26+/m1/s1. The van der Waals surface area contributed by atoms with E-state index in [4.69, 9.17) is 10.4 Å². The largest absolute Gasteiger partial charge is 0.352 e. The van der Waals surface area contributed by atoms with Gasteiger partial charge in [0.15, 0.2) is 5.78 Å². The van der Waals surface area contributed by atoms with E-state index in [1.807, 2.05) is 12.1 Å². The molecule has 9 heteroatoms. The number of thiazole rings is 1. The molecule has 1 saturated carbocycles. The summed E-state index contributed by atoms with van der Waals surface area (Å²) in [7, 11) is 0. The van der Waals surface area contributed by atoms with Gasteiger partial charge < -0.3 is 16.0 Å². The summed E-state index contributed by atoms with van der Waals surface area (Å²) in [6, 6.07) is 5.33. The number of carbonyl (C=O) groups is 3. The van der Waals surface area contributed by atoms with Crippen molar-refractivity contribution >= 4 is 44.9 Å². The van der Waals surface area contributed by atoms with E-state index in [0.29, 0.717) is 0 Å². The molecule has 1 aliphatic carbocycles. The van der Waals surface area contributed by atoms with Gasteiger partial charge in [0.25, 0.3) is 0 Å². The van der Waals surface area contributed by atoms with E-state index in [2.05, 4.69) is 34.6 Å². The molecule has 0 radical (unpaired) electrons. The number of hydrogen-bond acceptors (Lipinski definition) is 7. The van der Waals surface area contributed by atoms with Crippen LogP contribution in [0.15, 0.2) is 30.4 Å². The first kappa shape index (κ1) is 31.0. The lowest BCUT2D eigenvalue weighted by Gasteiger charge is -2.26. The van der Waals surface area contributed by atoms with Crippen molar-refractivity contribution in [3.05, 3.63) is 40.9 Å². The molecule has 4 rings (SSSR count). The third-order valence-electron chi connectivity index (χ3n) is 8.44. The van der Waals surface area contributed by atoms with Crippen LogP contribution in [0.1, 0.15) is 75.8 Å². The Morgan fingerprint density at radius 2 is 1.88 bits per heavy atom. The monoisotopic (exact) mass is 579 g/mol. The Morgan fingerprint density at radius 1 is 1.12 bits per heavy atom. The maximum absolute atomic E-state index is 13.8. The van der Waals surface area contributed by atoms with Gasteiger partial charge in [-0.3, -0.25) is 19.3 Å². The summed E-state index contributed by atoms with van der Waals surface area (Å²) in [6.07, 6.45) is 12.6. The quantitative estimate of drug-likeness (QED) is 0.219. The maximum Gasteiger partial charge on any atom is 0.243 e. The van der Waals surface area contributed by atoms with Crippen molar-refractivity contribution in [2.45, 2.75) is 84.1 Å². The Kier molecular flexibility index (Phi) is 11.6. The van der Waals surface area contributed by atoms with Gasteiger partial charge in [0.1, 0.15) is 0 Å². The molecule has 2 amide bonds. The number of aromatic nitrogens is 1. The van der Waals surface area contributed by atoms with Gasteiger partial charge in [-0.15, -0.1) is 11.3 Å². The Labute approximate surface area is 247 Å². The van der Waals surface area contributed by atoms with Crippen LogP contribution in [0.4, 0.5) is 0 Å². The highest BCUT2D eigenvalue weighted by Crippen LogP contribution is 2.32. The summed E-state index contributed by atoms with van der Waals surface area (Å²) in [5.41, 5.74) is 2.10. The van der Waals surface area contributed by atoms with Gasteiger partial charge >= 0.3 is 0 Å². The van der Waals surface area contributed by atoms with Crippen molar-refractivity contribution in [1.29, 1.82) is 5.41 Å². The number of ketones is 1. The summed E-state index contributed by atoms with van der Waals surface area (Å²) < 4.78 is 1.06. The molecule has 8 nitrogen and oxygen atoms in total. The van der Waals surface area contributed by atoms with Crippen molar-refractivity contribution in [2.24, 2.45) is 11.8 Å². The second kappa shape index (κ2) is 15.4. The van der Waals surface area contributed by atoms with Gasteiger partial charge in [0.05, 0.1) is 27.0 Å². The fourth-order valence-electron chi connectivity index (χ4n) is 5.96. The molecule has 1 saturated heterocycles. The van der Waals surface area contributed by atoms with Crippen molar-refractivity contribution < 1.29 is 14.4 Å². The summed E-state index contributed by atoms with van der Waals surface area (Å²) >= 11 is 1.53. The second-order valence-electron chi connectivity index (χ2n) is 11.4. The second-order valence-corrected chi connectivity index (χ2v) is 12.5. The van der Waals surface area contributed by atoms with Crippen molar-refractivity contribution in [2.75, 3.05) is 26.2 Å². The van der Waals surface area contributed by atoms with Gasteiger partial charge in [-0.25, -0.2) is 4.98 Å². The molecular weight excluding hydrogens is 534 g/mol. The van der Waals surface area contributed by atoms with Crippen LogP contribution in [0.5, 0.6) is 0 Å². The average Bonchev–Trinajstić information content (AvgIpc) is 3.66. The molecule has 1 aliphatic heterocycles. The molecule has 3 N–H and O–H groups in total. The van der Waals surface area contributed by atoms with E-state index in [0.717, 1.165) is 67.0 Å². The summed E-state index contributed by atoms with van der Waals surface area (Å²) in [5.74, 6) is -1.02. The number of fused-ring (bicyclic) bond motifs is 1. The molecule has 1 aromatic carbocycles. The molecule has 2 aromatic rings. The maximum atomic E-state index is 13.8. The number of piperidine rings is 1. The van der Waals surface area contributed by atoms with Gasteiger partial charge in [-0.05, 0) is 68.8 Å². The molecule has 1 aromatic heterocycles. The third kappa shape index (κ3) is 8.79. The molecule has 2 heterocycles. The van der Waals surface area contributed by atoms with E-state index < -0.39 is 6.04 Å². The van der Waals surface area contributed by atoms with E-state index in [1.165, 1.54) is 36.2 Å². The highest BCUT2D eigenvalue weighted by Gasteiger charge is 2.35. The lowest BCUT2D eigenvalue weighted by atomic mass is 9.83. The van der Waals surface area contributed by atoms with Gasteiger partial charge in [-0.1, -0.05) is 45.3 Å². The zero-order valence-corrected chi connectivity index (χ0v) is 25.4. The van der Waals surface area contributed by atoms with Gasteiger partial charge in [-0.2, -0.15) is 0 Å². The predicted octanol–water partition coefficient (Wildman–Crippen LogP) is 4.85. The molecule has 222 valence electrons. The van der Waals surface area contributed by atoms with Crippen LogP contribution in [0, 0.1) is 17.2 Å². The minimum Gasteiger partial charge on any atom is -0.352 e. The van der Waals surface area contributed by atoms with E-state index in [9.17, 15) is 14.4 Å². The van der Waals surface area contributed by atoms with Crippen molar-refractivity contribution in [3.8, 4) is 0 Å². The minimum absolute atomic E-state index is 0.00900. The summed E-state index contributed by atoms with van der Waals surface area (Å²) in [6.45, 7) is 7.01. The Hall–Kier alpha value is -2.91. The number of nitrogens with zero attached hydrogens (tertiary/aromatic N) is 2. The number of benzene rings is 1. The molecule has 0 bridgehead atoms. The smallest absolute Gasteiger partial charge is 0.243 e. The van der Waals surface area contributed by atoms with Crippen LogP contribution < -0.4 is 10.6 Å². The molecule has 41 heavy (non-hydrogen) atoms. The zero-order chi connectivity index (χ0) is 29.2. The minimum atomic E-state index is -0.856.